The SMILES string of the molecule is Cc1ccccc1N1C(=O)c2cc(C(C)(C)C)nn2CC1(C)C(=O)NCCC(C)C. The molecule has 3 rings (SSSR count). The van der Waals surface area contributed by atoms with Crippen LogP contribution >= 0.6 is 0 Å². The number of carbonyl (C=O) groups is 2. The van der Waals surface area contributed by atoms with Crippen molar-refractivity contribution in [3.8, 4) is 0 Å². The lowest BCUT2D eigenvalue weighted by atomic mass is 9.91. The van der Waals surface area contributed by atoms with Gasteiger partial charge in [0.25, 0.3) is 5.91 Å². The molecule has 1 atom stereocenters. The van der Waals surface area contributed by atoms with Gasteiger partial charge in [-0.2, -0.15) is 5.10 Å². The molecule has 162 valence electrons. The number of fused-ring (bicyclic) bond motifs is 1. The van der Waals surface area contributed by atoms with Crippen LogP contribution in [0.3, 0.4) is 0 Å². The minimum atomic E-state index is -1.08. The van der Waals surface area contributed by atoms with E-state index < -0.39 is 5.54 Å². The highest BCUT2D eigenvalue weighted by molar-refractivity contribution is 6.12. The van der Waals surface area contributed by atoms with Gasteiger partial charge in [0.2, 0.25) is 5.91 Å². The van der Waals surface area contributed by atoms with Crippen molar-refractivity contribution in [1.82, 2.24) is 15.1 Å². The molecule has 1 aliphatic rings. The number of aromatic nitrogens is 2. The van der Waals surface area contributed by atoms with E-state index in [1.807, 2.05) is 44.2 Å². The number of hydrogen-bond donors (Lipinski definition) is 1. The van der Waals surface area contributed by atoms with Crippen molar-refractivity contribution >= 4 is 17.5 Å². The molecule has 0 aliphatic carbocycles. The molecule has 2 heterocycles. The number of anilines is 1. The van der Waals surface area contributed by atoms with E-state index in [9.17, 15) is 9.59 Å². The van der Waals surface area contributed by atoms with E-state index in [1.54, 1.807) is 9.58 Å². The summed E-state index contributed by atoms with van der Waals surface area (Å²) in [4.78, 5) is 28.8. The Morgan fingerprint density at radius 3 is 2.53 bits per heavy atom. The summed E-state index contributed by atoms with van der Waals surface area (Å²) in [5, 5.41) is 7.76. The molecule has 6 nitrogen and oxygen atoms in total. The second-order valence-electron chi connectivity index (χ2n) is 9.96. The van der Waals surface area contributed by atoms with Crippen molar-refractivity contribution in [3.63, 3.8) is 0 Å². The third-order valence-corrected chi connectivity index (χ3v) is 5.77. The molecule has 1 aromatic heterocycles. The average molecular weight is 411 g/mol. The number of nitrogens with one attached hydrogen (secondary N) is 1. The van der Waals surface area contributed by atoms with Gasteiger partial charge in [-0.3, -0.25) is 19.2 Å². The van der Waals surface area contributed by atoms with Gasteiger partial charge in [-0.15, -0.1) is 0 Å². The van der Waals surface area contributed by atoms with Crippen LogP contribution in [-0.4, -0.2) is 33.7 Å². The first-order chi connectivity index (χ1) is 13.9. The Labute approximate surface area is 179 Å². The number of amides is 2. The van der Waals surface area contributed by atoms with Crippen LogP contribution in [0.5, 0.6) is 0 Å². The molecule has 6 heteroatoms. The molecule has 0 saturated carbocycles. The molecule has 0 fully saturated rings. The maximum Gasteiger partial charge on any atom is 0.277 e. The summed E-state index contributed by atoms with van der Waals surface area (Å²) < 4.78 is 1.71. The topological polar surface area (TPSA) is 67.2 Å². The van der Waals surface area contributed by atoms with Gasteiger partial charge in [0.05, 0.1) is 12.2 Å². The molecular weight excluding hydrogens is 376 g/mol. The Hall–Kier alpha value is -2.63. The van der Waals surface area contributed by atoms with E-state index >= 15 is 0 Å². The van der Waals surface area contributed by atoms with Crippen LogP contribution in [0.2, 0.25) is 0 Å². The van der Waals surface area contributed by atoms with Gasteiger partial charge in [0.15, 0.2) is 0 Å². The number of benzene rings is 1. The number of rotatable bonds is 5. The van der Waals surface area contributed by atoms with E-state index in [4.69, 9.17) is 5.10 Å². The van der Waals surface area contributed by atoms with Crippen molar-refractivity contribution in [2.75, 3.05) is 11.4 Å². The Bertz CT molecular complexity index is 954. The van der Waals surface area contributed by atoms with Crippen LogP contribution in [0.15, 0.2) is 30.3 Å². The van der Waals surface area contributed by atoms with E-state index in [1.165, 1.54) is 0 Å². The molecule has 0 spiro atoms. The second kappa shape index (κ2) is 7.89. The highest BCUT2D eigenvalue weighted by Crippen LogP contribution is 2.35. The molecule has 2 amide bonds. The zero-order valence-electron chi connectivity index (χ0n) is 19.2. The number of aryl methyl sites for hydroxylation is 1. The Balaban J connectivity index is 2.08. The standard InChI is InChI=1S/C24H34N4O2/c1-16(2)12-13-25-22(30)24(7)15-27-19(14-20(26-27)23(4,5)6)21(29)28(24)18-11-9-8-10-17(18)3/h8-11,14,16H,12-13,15H2,1-7H3,(H,25,30). The summed E-state index contributed by atoms with van der Waals surface area (Å²) in [6.07, 6.45) is 0.890. The summed E-state index contributed by atoms with van der Waals surface area (Å²) >= 11 is 0. The molecular formula is C24H34N4O2. The third-order valence-electron chi connectivity index (χ3n) is 5.77. The number of carbonyl (C=O) groups excluding carboxylic acids is 2. The second-order valence-corrected chi connectivity index (χ2v) is 9.96. The monoisotopic (exact) mass is 410 g/mol. The van der Waals surface area contributed by atoms with Crippen molar-refractivity contribution < 1.29 is 9.59 Å². The minimum absolute atomic E-state index is 0.154. The number of hydrogen-bond acceptors (Lipinski definition) is 3. The van der Waals surface area contributed by atoms with Crippen LogP contribution in [0.1, 0.15) is 69.7 Å². The fourth-order valence-electron chi connectivity index (χ4n) is 3.80. The van der Waals surface area contributed by atoms with Gasteiger partial charge in [-0.25, -0.2) is 0 Å². The predicted octanol–water partition coefficient (Wildman–Crippen LogP) is 4.07. The van der Waals surface area contributed by atoms with Gasteiger partial charge in [0, 0.05) is 17.6 Å². The van der Waals surface area contributed by atoms with Gasteiger partial charge in [-0.1, -0.05) is 52.8 Å². The van der Waals surface area contributed by atoms with Crippen LogP contribution < -0.4 is 10.2 Å². The molecule has 0 radical (unpaired) electrons. The summed E-state index contributed by atoms with van der Waals surface area (Å²) in [6.45, 7) is 15.2. The number of para-hydroxylation sites is 1. The quantitative estimate of drug-likeness (QED) is 0.808. The maximum absolute atomic E-state index is 13.7. The Morgan fingerprint density at radius 2 is 1.93 bits per heavy atom. The van der Waals surface area contributed by atoms with Gasteiger partial charge < -0.3 is 5.32 Å². The lowest BCUT2D eigenvalue weighted by molar-refractivity contribution is -0.126. The Kier molecular flexibility index (Phi) is 5.81. The zero-order chi connectivity index (χ0) is 22.3. The highest BCUT2D eigenvalue weighted by atomic mass is 16.2. The van der Waals surface area contributed by atoms with E-state index in [2.05, 4.69) is 39.9 Å². The fraction of sp³-hybridized carbons (Fsp3) is 0.542. The first-order valence-corrected chi connectivity index (χ1v) is 10.7. The minimum Gasteiger partial charge on any atom is -0.354 e. The predicted molar refractivity (Wildman–Crippen MR) is 120 cm³/mol. The third kappa shape index (κ3) is 4.00. The lowest BCUT2D eigenvalue weighted by Crippen LogP contribution is -2.64. The molecule has 0 saturated heterocycles. The summed E-state index contributed by atoms with van der Waals surface area (Å²) in [6, 6.07) is 9.58. The molecule has 1 N–H and O–H groups in total. The van der Waals surface area contributed by atoms with Crippen molar-refractivity contribution in [2.45, 2.75) is 72.4 Å². The molecule has 1 unspecified atom stereocenters. The van der Waals surface area contributed by atoms with E-state index in [0.29, 0.717) is 24.7 Å². The van der Waals surface area contributed by atoms with Crippen LogP contribution in [0.25, 0.3) is 0 Å². The smallest absolute Gasteiger partial charge is 0.277 e. The zero-order valence-corrected chi connectivity index (χ0v) is 19.2. The average Bonchev–Trinajstić information content (AvgIpc) is 3.07. The fourth-order valence-corrected chi connectivity index (χ4v) is 3.80. The van der Waals surface area contributed by atoms with Gasteiger partial charge in [-0.05, 0) is 43.9 Å². The van der Waals surface area contributed by atoms with Crippen molar-refractivity contribution in [2.24, 2.45) is 5.92 Å². The maximum atomic E-state index is 13.7. The van der Waals surface area contributed by atoms with E-state index in [-0.39, 0.29) is 17.2 Å². The van der Waals surface area contributed by atoms with E-state index in [0.717, 1.165) is 23.4 Å². The Morgan fingerprint density at radius 1 is 1.27 bits per heavy atom. The highest BCUT2D eigenvalue weighted by Gasteiger charge is 2.49. The van der Waals surface area contributed by atoms with Gasteiger partial charge in [0.1, 0.15) is 11.2 Å². The molecule has 1 aromatic carbocycles. The van der Waals surface area contributed by atoms with Crippen LogP contribution in [0, 0.1) is 12.8 Å². The lowest BCUT2D eigenvalue weighted by Gasteiger charge is -2.43. The van der Waals surface area contributed by atoms with Crippen LogP contribution in [-0.2, 0) is 16.8 Å². The normalized spacial score (nSPS) is 19.2. The van der Waals surface area contributed by atoms with Crippen molar-refractivity contribution in [3.05, 3.63) is 47.3 Å². The largest absolute Gasteiger partial charge is 0.354 e. The number of nitrogens with zero attached hydrogens (tertiary/aromatic N) is 3. The summed E-state index contributed by atoms with van der Waals surface area (Å²) in [5.74, 6) is 0.142. The van der Waals surface area contributed by atoms with Crippen molar-refractivity contribution in [1.29, 1.82) is 0 Å². The molecule has 0 bridgehead atoms. The van der Waals surface area contributed by atoms with Crippen LogP contribution in [0.4, 0.5) is 5.69 Å². The molecule has 30 heavy (non-hydrogen) atoms. The van der Waals surface area contributed by atoms with Gasteiger partial charge >= 0.3 is 0 Å². The summed E-state index contributed by atoms with van der Waals surface area (Å²) in [7, 11) is 0. The summed E-state index contributed by atoms with van der Waals surface area (Å²) in [5.41, 5.74) is 1.82. The first-order valence-electron chi connectivity index (χ1n) is 10.7. The first kappa shape index (κ1) is 22.1. The molecule has 1 aliphatic heterocycles. The molecule has 2 aromatic rings.